The van der Waals surface area contributed by atoms with E-state index < -0.39 is 17.7 Å². The summed E-state index contributed by atoms with van der Waals surface area (Å²) in [7, 11) is 0. The fourth-order valence-corrected chi connectivity index (χ4v) is 4.97. The molecule has 0 radical (unpaired) electrons. The van der Waals surface area contributed by atoms with Crippen molar-refractivity contribution in [3.05, 3.63) is 70.3 Å². The largest absolute Gasteiger partial charge is 0.507 e. The molecule has 0 aliphatic carbocycles. The molecule has 0 saturated carbocycles. The number of amides is 1. The van der Waals surface area contributed by atoms with Gasteiger partial charge in [-0.25, -0.2) is 0 Å². The van der Waals surface area contributed by atoms with E-state index in [4.69, 9.17) is 9.47 Å². The molecule has 2 fully saturated rings. The third kappa shape index (κ3) is 6.22. The minimum Gasteiger partial charge on any atom is -0.507 e. The molecule has 0 spiro atoms. The summed E-state index contributed by atoms with van der Waals surface area (Å²) in [6.07, 6.45) is 2.74. The van der Waals surface area contributed by atoms with Crippen LogP contribution in [0.2, 0.25) is 0 Å². The summed E-state index contributed by atoms with van der Waals surface area (Å²) in [6.45, 7) is 11.0. The molecule has 1 atom stereocenters. The number of aliphatic hydroxyl groups is 1. The third-order valence-electron chi connectivity index (χ3n) is 7.13. The number of carbonyl (C=O) groups is 2. The van der Waals surface area contributed by atoms with Gasteiger partial charge in [0.05, 0.1) is 31.4 Å². The van der Waals surface area contributed by atoms with Crippen molar-refractivity contribution in [1.29, 1.82) is 0 Å². The van der Waals surface area contributed by atoms with Crippen LogP contribution in [0.4, 0.5) is 0 Å². The Bertz CT molecular complexity index is 1140. The highest BCUT2D eigenvalue weighted by Gasteiger charge is 2.45. The molecule has 0 unspecified atom stereocenters. The fourth-order valence-electron chi connectivity index (χ4n) is 4.97. The summed E-state index contributed by atoms with van der Waals surface area (Å²) in [5.41, 5.74) is 3.36. The zero-order valence-electron chi connectivity index (χ0n) is 22.2. The monoisotopic (exact) mass is 506 g/mol. The average molecular weight is 507 g/mol. The van der Waals surface area contributed by atoms with Crippen molar-refractivity contribution < 1.29 is 24.2 Å². The number of nitrogens with zero attached hydrogens (tertiary/aromatic N) is 2. The van der Waals surface area contributed by atoms with E-state index in [2.05, 4.69) is 11.8 Å². The number of hydrogen-bond acceptors (Lipinski definition) is 6. The van der Waals surface area contributed by atoms with Gasteiger partial charge in [0.25, 0.3) is 11.7 Å². The molecular weight excluding hydrogens is 468 g/mol. The lowest BCUT2D eigenvalue weighted by atomic mass is 9.93. The molecule has 37 heavy (non-hydrogen) atoms. The Morgan fingerprint density at radius 2 is 1.76 bits per heavy atom. The molecule has 7 heteroatoms. The van der Waals surface area contributed by atoms with Gasteiger partial charge in [-0.1, -0.05) is 43.2 Å². The first kappa shape index (κ1) is 26.9. The fraction of sp³-hybridized carbons (Fsp3) is 0.467. The van der Waals surface area contributed by atoms with Crippen molar-refractivity contribution in [2.75, 3.05) is 46.0 Å². The Hall–Kier alpha value is -3.16. The summed E-state index contributed by atoms with van der Waals surface area (Å²) < 4.78 is 11.2. The zero-order chi connectivity index (χ0) is 26.4. The molecule has 1 amide bonds. The van der Waals surface area contributed by atoms with Gasteiger partial charge >= 0.3 is 0 Å². The number of hydrogen-bond donors (Lipinski definition) is 1. The number of likely N-dealkylation sites (tertiary alicyclic amines) is 1. The van der Waals surface area contributed by atoms with Gasteiger partial charge in [0.15, 0.2) is 0 Å². The number of benzene rings is 2. The second-order valence-corrected chi connectivity index (χ2v) is 9.89. The first-order chi connectivity index (χ1) is 17.9. The molecule has 0 aromatic heterocycles. The van der Waals surface area contributed by atoms with E-state index in [0.717, 1.165) is 74.6 Å². The van der Waals surface area contributed by atoms with Crippen LogP contribution in [0.15, 0.2) is 48.0 Å². The molecule has 0 bridgehead atoms. The molecule has 2 aromatic rings. The van der Waals surface area contributed by atoms with E-state index in [-0.39, 0.29) is 11.3 Å². The van der Waals surface area contributed by atoms with Crippen LogP contribution in [0.25, 0.3) is 5.76 Å². The van der Waals surface area contributed by atoms with Gasteiger partial charge in [-0.05, 0) is 56.0 Å². The Kier molecular flexibility index (Phi) is 9.00. The maximum absolute atomic E-state index is 13.3. The molecule has 2 saturated heterocycles. The first-order valence-corrected chi connectivity index (χ1v) is 13.3. The number of ketones is 1. The van der Waals surface area contributed by atoms with E-state index in [1.54, 1.807) is 17.0 Å². The summed E-state index contributed by atoms with van der Waals surface area (Å²) in [5, 5.41) is 11.4. The van der Waals surface area contributed by atoms with E-state index in [1.807, 2.05) is 44.2 Å². The molecule has 2 heterocycles. The Labute approximate surface area is 219 Å². The van der Waals surface area contributed by atoms with Gasteiger partial charge in [-0.2, -0.15) is 0 Å². The van der Waals surface area contributed by atoms with Gasteiger partial charge in [-0.15, -0.1) is 0 Å². The average Bonchev–Trinajstić information content (AvgIpc) is 3.15. The second-order valence-electron chi connectivity index (χ2n) is 9.89. The Balaban J connectivity index is 1.64. The summed E-state index contributed by atoms with van der Waals surface area (Å²) in [6, 6.07) is 12.6. The maximum atomic E-state index is 13.3. The molecule has 2 aliphatic rings. The first-order valence-electron chi connectivity index (χ1n) is 13.3. The molecule has 7 nitrogen and oxygen atoms in total. The van der Waals surface area contributed by atoms with Gasteiger partial charge < -0.3 is 19.5 Å². The molecule has 2 aromatic carbocycles. The molecule has 1 N–H and O–H groups in total. The van der Waals surface area contributed by atoms with Crippen LogP contribution in [0.3, 0.4) is 0 Å². The van der Waals surface area contributed by atoms with Gasteiger partial charge in [0.1, 0.15) is 11.5 Å². The Morgan fingerprint density at radius 1 is 1.03 bits per heavy atom. The van der Waals surface area contributed by atoms with Crippen molar-refractivity contribution in [2.45, 2.75) is 46.1 Å². The minimum atomic E-state index is -0.642. The van der Waals surface area contributed by atoms with Gasteiger partial charge in [0.2, 0.25) is 0 Å². The van der Waals surface area contributed by atoms with Crippen molar-refractivity contribution in [3.8, 4) is 5.75 Å². The quantitative estimate of drug-likeness (QED) is 0.219. The lowest BCUT2D eigenvalue weighted by Gasteiger charge is -2.29. The number of ether oxygens (including phenoxy) is 2. The number of unbranched alkanes of at least 4 members (excludes halogenated alkanes) is 1. The van der Waals surface area contributed by atoms with E-state index in [0.29, 0.717) is 18.7 Å². The molecule has 198 valence electrons. The lowest BCUT2D eigenvalue weighted by Crippen LogP contribution is -2.38. The second kappa shape index (κ2) is 12.4. The molecule has 4 rings (SSSR count). The standard InChI is InChI=1S/C30H38N2O5/c1-4-5-17-37-24-11-12-25(22(3)20-24)28(33)26-27(23-9-7-21(2)8-10-23)32(30(35)29(26)34)14-6-13-31-15-18-36-19-16-31/h7-12,20,27,33H,4-6,13-19H2,1-3H3/t27-/m0/s1. The van der Waals surface area contributed by atoms with Crippen LogP contribution < -0.4 is 4.74 Å². The minimum absolute atomic E-state index is 0.141. The van der Waals surface area contributed by atoms with E-state index in [9.17, 15) is 14.7 Å². The highest BCUT2D eigenvalue weighted by molar-refractivity contribution is 6.46. The summed E-state index contributed by atoms with van der Waals surface area (Å²) >= 11 is 0. The van der Waals surface area contributed by atoms with Crippen LogP contribution in [0.5, 0.6) is 5.75 Å². The van der Waals surface area contributed by atoms with Gasteiger partial charge in [0, 0.05) is 31.7 Å². The van der Waals surface area contributed by atoms with Crippen LogP contribution >= 0.6 is 0 Å². The SMILES string of the molecule is CCCCOc1ccc(C(O)=C2C(=O)C(=O)N(CCCN3CCOCC3)[C@H]2c2ccc(C)cc2)c(C)c1. The number of aliphatic hydroxyl groups excluding tert-OH is 1. The van der Waals surface area contributed by atoms with Crippen LogP contribution in [0.1, 0.15) is 54.5 Å². The van der Waals surface area contributed by atoms with Crippen molar-refractivity contribution >= 4 is 17.4 Å². The normalized spacial score (nSPS) is 20.0. The highest BCUT2D eigenvalue weighted by atomic mass is 16.5. The van der Waals surface area contributed by atoms with Crippen molar-refractivity contribution in [3.63, 3.8) is 0 Å². The summed E-state index contributed by atoms with van der Waals surface area (Å²) in [5.74, 6) is -0.623. The predicted molar refractivity (Wildman–Crippen MR) is 144 cm³/mol. The Morgan fingerprint density at radius 3 is 2.43 bits per heavy atom. The number of aryl methyl sites for hydroxylation is 2. The number of Topliss-reactive ketones (excluding diaryl/α,β-unsaturated/α-hetero) is 1. The van der Waals surface area contributed by atoms with Crippen LogP contribution in [0, 0.1) is 13.8 Å². The van der Waals surface area contributed by atoms with Gasteiger partial charge in [-0.3, -0.25) is 14.5 Å². The number of carbonyl (C=O) groups excluding carboxylic acids is 2. The van der Waals surface area contributed by atoms with Crippen LogP contribution in [-0.4, -0.2) is 72.6 Å². The van der Waals surface area contributed by atoms with E-state index in [1.165, 1.54) is 0 Å². The third-order valence-corrected chi connectivity index (χ3v) is 7.13. The number of rotatable bonds is 10. The highest BCUT2D eigenvalue weighted by Crippen LogP contribution is 2.40. The number of morpholine rings is 1. The molecular formula is C30H38N2O5. The van der Waals surface area contributed by atoms with Crippen molar-refractivity contribution in [2.24, 2.45) is 0 Å². The lowest BCUT2D eigenvalue weighted by molar-refractivity contribution is -0.140. The van der Waals surface area contributed by atoms with Crippen molar-refractivity contribution in [1.82, 2.24) is 9.80 Å². The van der Waals surface area contributed by atoms with Crippen LogP contribution in [-0.2, 0) is 14.3 Å². The predicted octanol–water partition coefficient (Wildman–Crippen LogP) is 4.63. The topological polar surface area (TPSA) is 79.3 Å². The van der Waals surface area contributed by atoms with E-state index >= 15 is 0 Å². The maximum Gasteiger partial charge on any atom is 0.295 e. The molecule has 2 aliphatic heterocycles. The smallest absolute Gasteiger partial charge is 0.295 e. The summed E-state index contributed by atoms with van der Waals surface area (Å²) in [4.78, 5) is 30.5. The zero-order valence-corrected chi connectivity index (χ0v) is 22.2.